The summed E-state index contributed by atoms with van der Waals surface area (Å²) in [5.41, 5.74) is 1.74. The van der Waals surface area contributed by atoms with Crippen LogP contribution in [0.5, 0.6) is 0 Å². The molecule has 0 saturated heterocycles. The molecular weight excluding hydrogens is 408 g/mol. The number of nitrogens with one attached hydrogen (secondary N) is 1. The summed E-state index contributed by atoms with van der Waals surface area (Å²) in [6.45, 7) is 2.75. The molecule has 20 heavy (non-hydrogen) atoms. The van der Waals surface area contributed by atoms with Gasteiger partial charge in [-0.25, -0.2) is 4.39 Å². The van der Waals surface area contributed by atoms with E-state index in [1.807, 2.05) is 31.2 Å². The predicted octanol–water partition coefficient (Wildman–Crippen LogP) is 5.70. The average molecular weight is 422 g/mol. The summed E-state index contributed by atoms with van der Waals surface area (Å²) >= 11 is 13.1. The first-order chi connectivity index (χ1) is 9.54. The lowest BCUT2D eigenvalue weighted by atomic mass is 9.98. The molecule has 0 aliphatic rings. The SMILES string of the molecule is CCNC(c1cc(Br)ccc1Br)c1cccc(F)c1Cl. The van der Waals surface area contributed by atoms with E-state index in [0.717, 1.165) is 26.6 Å². The Bertz CT molecular complexity index is 617. The molecule has 1 unspecified atom stereocenters. The Morgan fingerprint density at radius 1 is 1.20 bits per heavy atom. The van der Waals surface area contributed by atoms with Gasteiger partial charge in [-0.2, -0.15) is 0 Å². The lowest BCUT2D eigenvalue weighted by Crippen LogP contribution is -2.23. The van der Waals surface area contributed by atoms with Crippen molar-refractivity contribution in [2.75, 3.05) is 6.54 Å². The van der Waals surface area contributed by atoms with Crippen LogP contribution in [-0.2, 0) is 0 Å². The molecule has 0 bridgehead atoms. The first kappa shape index (κ1) is 16.0. The van der Waals surface area contributed by atoms with Gasteiger partial charge in [0, 0.05) is 8.95 Å². The molecule has 0 saturated carbocycles. The maximum absolute atomic E-state index is 13.7. The van der Waals surface area contributed by atoms with Gasteiger partial charge in [-0.05, 0) is 41.9 Å². The van der Waals surface area contributed by atoms with Gasteiger partial charge >= 0.3 is 0 Å². The van der Waals surface area contributed by atoms with Crippen molar-refractivity contribution in [1.82, 2.24) is 5.32 Å². The number of hydrogen-bond donors (Lipinski definition) is 1. The minimum absolute atomic E-state index is 0.158. The zero-order valence-electron chi connectivity index (χ0n) is 10.8. The highest BCUT2D eigenvalue weighted by molar-refractivity contribution is 9.11. The van der Waals surface area contributed by atoms with Crippen molar-refractivity contribution in [2.45, 2.75) is 13.0 Å². The Kier molecular flexibility index (Phi) is 5.61. The van der Waals surface area contributed by atoms with Crippen molar-refractivity contribution in [1.29, 1.82) is 0 Å². The van der Waals surface area contributed by atoms with E-state index in [4.69, 9.17) is 11.6 Å². The van der Waals surface area contributed by atoms with Gasteiger partial charge in [-0.1, -0.05) is 62.5 Å². The molecule has 0 fully saturated rings. The Hall–Kier alpha value is -0.420. The number of hydrogen-bond acceptors (Lipinski definition) is 1. The lowest BCUT2D eigenvalue weighted by molar-refractivity contribution is 0.602. The van der Waals surface area contributed by atoms with Gasteiger partial charge in [-0.15, -0.1) is 0 Å². The van der Waals surface area contributed by atoms with Gasteiger partial charge in [0.05, 0.1) is 11.1 Å². The topological polar surface area (TPSA) is 12.0 Å². The zero-order valence-corrected chi connectivity index (χ0v) is 14.7. The molecule has 2 rings (SSSR count). The van der Waals surface area contributed by atoms with Crippen LogP contribution in [0, 0.1) is 5.82 Å². The van der Waals surface area contributed by atoms with Crippen LogP contribution in [0.25, 0.3) is 0 Å². The second kappa shape index (κ2) is 7.03. The molecule has 106 valence electrons. The average Bonchev–Trinajstić information content (AvgIpc) is 2.43. The molecular formula is C15H13Br2ClFN. The molecule has 2 aromatic rings. The highest BCUT2D eigenvalue weighted by atomic mass is 79.9. The first-order valence-corrected chi connectivity index (χ1v) is 8.13. The fourth-order valence-electron chi connectivity index (χ4n) is 2.07. The van der Waals surface area contributed by atoms with E-state index >= 15 is 0 Å². The van der Waals surface area contributed by atoms with E-state index in [9.17, 15) is 4.39 Å². The fourth-order valence-corrected chi connectivity index (χ4v) is 3.16. The van der Waals surface area contributed by atoms with Crippen LogP contribution in [0.15, 0.2) is 45.3 Å². The molecule has 0 aliphatic carbocycles. The molecule has 0 aromatic heterocycles. The molecule has 0 heterocycles. The van der Waals surface area contributed by atoms with Crippen LogP contribution in [0.1, 0.15) is 24.1 Å². The zero-order chi connectivity index (χ0) is 14.7. The lowest BCUT2D eigenvalue weighted by Gasteiger charge is -2.22. The maximum atomic E-state index is 13.7. The Balaban J connectivity index is 2.56. The summed E-state index contributed by atoms with van der Waals surface area (Å²) in [4.78, 5) is 0. The summed E-state index contributed by atoms with van der Waals surface area (Å²) < 4.78 is 15.6. The van der Waals surface area contributed by atoms with E-state index in [1.54, 1.807) is 6.07 Å². The number of benzene rings is 2. The summed E-state index contributed by atoms with van der Waals surface area (Å²) in [6, 6.07) is 10.6. The fraction of sp³-hybridized carbons (Fsp3) is 0.200. The largest absolute Gasteiger partial charge is 0.306 e. The van der Waals surface area contributed by atoms with E-state index in [0.29, 0.717) is 0 Å². The highest BCUT2D eigenvalue weighted by Gasteiger charge is 2.20. The Morgan fingerprint density at radius 3 is 2.65 bits per heavy atom. The summed E-state index contributed by atoms with van der Waals surface area (Å²) in [6.07, 6.45) is 0. The minimum Gasteiger partial charge on any atom is -0.306 e. The first-order valence-electron chi connectivity index (χ1n) is 6.16. The smallest absolute Gasteiger partial charge is 0.142 e. The molecule has 0 radical (unpaired) electrons. The van der Waals surface area contributed by atoms with Crippen LogP contribution < -0.4 is 5.32 Å². The Labute approximate surface area is 139 Å². The minimum atomic E-state index is -0.404. The van der Waals surface area contributed by atoms with Crippen molar-refractivity contribution in [3.63, 3.8) is 0 Å². The van der Waals surface area contributed by atoms with Crippen molar-refractivity contribution in [2.24, 2.45) is 0 Å². The summed E-state index contributed by atoms with van der Waals surface area (Å²) in [7, 11) is 0. The normalized spacial score (nSPS) is 12.4. The van der Waals surface area contributed by atoms with Crippen LogP contribution in [-0.4, -0.2) is 6.54 Å². The van der Waals surface area contributed by atoms with E-state index in [1.165, 1.54) is 6.07 Å². The monoisotopic (exact) mass is 419 g/mol. The molecule has 5 heteroatoms. The molecule has 0 aliphatic heterocycles. The third kappa shape index (κ3) is 3.42. The third-order valence-electron chi connectivity index (χ3n) is 2.97. The highest BCUT2D eigenvalue weighted by Crippen LogP contribution is 2.35. The van der Waals surface area contributed by atoms with E-state index < -0.39 is 5.82 Å². The van der Waals surface area contributed by atoms with Crippen LogP contribution >= 0.6 is 43.5 Å². The second-order valence-corrected chi connectivity index (χ2v) is 6.45. The van der Waals surface area contributed by atoms with Crippen molar-refractivity contribution in [3.8, 4) is 0 Å². The summed E-state index contributed by atoms with van der Waals surface area (Å²) in [5.74, 6) is -0.404. The molecule has 0 amide bonds. The van der Waals surface area contributed by atoms with Crippen LogP contribution in [0.2, 0.25) is 5.02 Å². The third-order valence-corrected chi connectivity index (χ3v) is 4.58. The van der Waals surface area contributed by atoms with Crippen LogP contribution in [0.3, 0.4) is 0 Å². The van der Waals surface area contributed by atoms with Gasteiger partial charge < -0.3 is 5.32 Å². The number of rotatable bonds is 4. The predicted molar refractivity (Wildman–Crippen MR) is 88.8 cm³/mol. The Morgan fingerprint density at radius 2 is 1.95 bits per heavy atom. The standard InChI is InChI=1S/C15H13Br2ClFN/c1-2-20-15(10-4-3-5-13(19)14(10)18)11-8-9(16)6-7-12(11)17/h3-8,15,20H,2H2,1H3. The van der Waals surface area contributed by atoms with Crippen molar-refractivity contribution in [3.05, 3.63) is 67.3 Å². The maximum Gasteiger partial charge on any atom is 0.142 e. The van der Waals surface area contributed by atoms with Gasteiger partial charge in [0.2, 0.25) is 0 Å². The van der Waals surface area contributed by atoms with Crippen LogP contribution in [0.4, 0.5) is 4.39 Å². The second-order valence-electron chi connectivity index (χ2n) is 4.30. The van der Waals surface area contributed by atoms with Gasteiger partial charge in [0.25, 0.3) is 0 Å². The molecule has 1 nitrogen and oxygen atoms in total. The van der Waals surface area contributed by atoms with Gasteiger partial charge in [0.15, 0.2) is 0 Å². The molecule has 1 N–H and O–H groups in total. The van der Waals surface area contributed by atoms with Gasteiger partial charge in [-0.3, -0.25) is 0 Å². The van der Waals surface area contributed by atoms with Gasteiger partial charge in [0.1, 0.15) is 5.82 Å². The number of halogens is 4. The van der Waals surface area contributed by atoms with E-state index in [2.05, 4.69) is 37.2 Å². The van der Waals surface area contributed by atoms with E-state index in [-0.39, 0.29) is 11.1 Å². The quantitative estimate of drug-likeness (QED) is 0.667. The molecule has 2 aromatic carbocycles. The summed E-state index contributed by atoms with van der Waals surface area (Å²) in [5, 5.41) is 3.51. The molecule has 1 atom stereocenters. The van der Waals surface area contributed by atoms with Crippen molar-refractivity contribution >= 4 is 43.5 Å². The molecule has 0 spiro atoms. The van der Waals surface area contributed by atoms with Crippen molar-refractivity contribution < 1.29 is 4.39 Å².